The molecule has 1 saturated heterocycles. The number of ether oxygens (including phenoxy) is 1. The predicted molar refractivity (Wildman–Crippen MR) is 94.6 cm³/mol. The summed E-state index contributed by atoms with van der Waals surface area (Å²) in [5.41, 5.74) is 1.16. The summed E-state index contributed by atoms with van der Waals surface area (Å²) < 4.78 is 6.03. The molecule has 5 unspecified atom stereocenters. The molecule has 0 aromatic carbocycles. The molecule has 0 amide bonds. The van der Waals surface area contributed by atoms with Crippen molar-refractivity contribution in [3.8, 4) is 0 Å². The Labute approximate surface area is 149 Å². The highest BCUT2D eigenvalue weighted by molar-refractivity contribution is 5.92. The van der Waals surface area contributed by atoms with Gasteiger partial charge < -0.3 is 4.74 Å². The van der Waals surface area contributed by atoms with E-state index in [-0.39, 0.29) is 17.0 Å². The highest BCUT2D eigenvalue weighted by Crippen LogP contribution is 2.68. The van der Waals surface area contributed by atoms with Crippen molar-refractivity contribution in [2.24, 2.45) is 35.0 Å². The Morgan fingerprint density at radius 1 is 1.16 bits per heavy atom. The van der Waals surface area contributed by atoms with Gasteiger partial charge >= 0.3 is 5.97 Å². The fraction of sp³-hybridized carbons (Fsp3) is 0.727. The number of ketones is 1. The van der Waals surface area contributed by atoms with Crippen molar-refractivity contribution in [2.45, 2.75) is 64.4 Å². The van der Waals surface area contributed by atoms with Crippen molar-refractivity contribution >= 4 is 11.8 Å². The Kier molecular flexibility index (Phi) is 3.22. The Balaban J connectivity index is 1.54. The van der Waals surface area contributed by atoms with Crippen molar-refractivity contribution in [3.63, 3.8) is 0 Å². The van der Waals surface area contributed by atoms with E-state index in [9.17, 15) is 9.59 Å². The van der Waals surface area contributed by atoms with E-state index < -0.39 is 0 Å². The van der Waals surface area contributed by atoms with Gasteiger partial charge in [0.1, 0.15) is 5.60 Å². The summed E-state index contributed by atoms with van der Waals surface area (Å²) in [6.45, 7) is 4.77. The first kappa shape index (κ1) is 15.8. The predicted octanol–water partition coefficient (Wildman–Crippen LogP) is 4.23. The second-order valence-corrected chi connectivity index (χ2v) is 9.49. The van der Waals surface area contributed by atoms with E-state index in [0.717, 1.165) is 25.7 Å². The van der Waals surface area contributed by atoms with E-state index in [1.807, 2.05) is 6.08 Å². The van der Waals surface area contributed by atoms with Crippen LogP contribution in [-0.2, 0) is 14.3 Å². The molecule has 0 aromatic heterocycles. The lowest BCUT2D eigenvalue weighted by Crippen LogP contribution is -2.52. The van der Waals surface area contributed by atoms with Crippen LogP contribution in [0.1, 0.15) is 58.8 Å². The molecule has 134 valence electrons. The molecule has 3 fully saturated rings. The van der Waals surface area contributed by atoms with Crippen molar-refractivity contribution in [1.82, 2.24) is 0 Å². The molecule has 7 atom stereocenters. The smallest absolute Gasteiger partial charge is 0.306 e. The van der Waals surface area contributed by atoms with Gasteiger partial charge in [-0.2, -0.15) is 0 Å². The third-order valence-electron chi connectivity index (χ3n) is 8.47. The first-order valence-corrected chi connectivity index (χ1v) is 10.1. The average molecular weight is 340 g/mol. The molecule has 1 spiro atoms. The summed E-state index contributed by atoms with van der Waals surface area (Å²) in [5.74, 6) is 3.27. The Bertz CT molecular complexity index is 704. The van der Waals surface area contributed by atoms with Crippen molar-refractivity contribution in [2.75, 3.05) is 0 Å². The minimum Gasteiger partial charge on any atom is -0.458 e. The number of esters is 1. The monoisotopic (exact) mass is 340 g/mol. The van der Waals surface area contributed by atoms with Gasteiger partial charge in [-0.1, -0.05) is 26.0 Å². The normalized spacial score (nSPS) is 51.0. The molecule has 2 saturated carbocycles. The molecular weight excluding hydrogens is 312 g/mol. The summed E-state index contributed by atoms with van der Waals surface area (Å²) >= 11 is 0. The van der Waals surface area contributed by atoms with Crippen LogP contribution in [0.2, 0.25) is 0 Å². The molecule has 0 aromatic rings. The standard InChI is InChI=1S/C22H28O3/c1-13-12-22(10-8-19(24)25-22)21(2)9-7-17-16-6-4-15(23)11-14(16)3-5-18(17)20(13)21/h3,5,11,13,16-18,20H,4,6-10,12H2,1-2H3/t13-,16?,17?,18?,20?,21-,22?/m0/s1. The van der Waals surface area contributed by atoms with Crippen LogP contribution in [0.5, 0.6) is 0 Å². The Morgan fingerprint density at radius 2 is 2.00 bits per heavy atom. The molecule has 0 N–H and O–H groups in total. The summed E-state index contributed by atoms with van der Waals surface area (Å²) in [5, 5.41) is 0. The van der Waals surface area contributed by atoms with Crippen molar-refractivity contribution in [3.05, 3.63) is 23.8 Å². The molecule has 3 nitrogen and oxygen atoms in total. The number of fused-ring (bicyclic) bond motifs is 6. The molecule has 4 aliphatic carbocycles. The number of rotatable bonds is 0. The molecule has 1 heterocycles. The molecule has 5 aliphatic rings. The lowest BCUT2D eigenvalue weighted by atomic mass is 9.51. The second kappa shape index (κ2) is 5.08. The number of hydrogen-bond donors (Lipinski definition) is 0. The van der Waals surface area contributed by atoms with E-state index in [1.165, 1.54) is 12.0 Å². The fourth-order valence-electron chi connectivity index (χ4n) is 7.52. The van der Waals surface area contributed by atoms with E-state index in [2.05, 4.69) is 26.0 Å². The van der Waals surface area contributed by atoms with Gasteiger partial charge in [0, 0.05) is 18.3 Å². The topological polar surface area (TPSA) is 43.4 Å². The minimum atomic E-state index is -0.217. The number of hydrogen-bond acceptors (Lipinski definition) is 3. The maximum absolute atomic E-state index is 12.0. The second-order valence-electron chi connectivity index (χ2n) is 9.49. The Morgan fingerprint density at radius 3 is 2.76 bits per heavy atom. The molecule has 1 aliphatic heterocycles. The van der Waals surface area contributed by atoms with E-state index in [0.29, 0.717) is 48.2 Å². The van der Waals surface area contributed by atoms with Crippen LogP contribution < -0.4 is 0 Å². The molecule has 5 rings (SSSR count). The highest BCUT2D eigenvalue weighted by Gasteiger charge is 2.67. The van der Waals surface area contributed by atoms with Crippen LogP contribution in [0.4, 0.5) is 0 Å². The number of allylic oxidation sites excluding steroid dienone is 4. The molecule has 3 heteroatoms. The zero-order valence-corrected chi connectivity index (χ0v) is 15.3. The summed E-state index contributed by atoms with van der Waals surface area (Å²) in [7, 11) is 0. The van der Waals surface area contributed by atoms with Gasteiger partial charge in [-0.25, -0.2) is 0 Å². The maximum Gasteiger partial charge on any atom is 0.306 e. The quantitative estimate of drug-likeness (QED) is 0.620. The maximum atomic E-state index is 12.0. The van der Waals surface area contributed by atoms with Gasteiger partial charge in [0.25, 0.3) is 0 Å². The van der Waals surface area contributed by atoms with Crippen LogP contribution in [0, 0.1) is 35.0 Å². The number of carbonyl (C=O) groups is 2. The van der Waals surface area contributed by atoms with Gasteiger partial charge in [0.05, 0.1) is 0 Å². The first-order chi connectivity index (χ1) is 11.9. The van der Waals surface area contributed by atoms with Crippen LogP contribution in [-0.4, -0.2) is 17.4 Å². The van der Waals surface area contributed by atoms with Gasteiger partial charge in [-0.3, -0.25) is 9.59 Å². The van der Waals surface area contributed by atoms with Crippen molar-refractivity contribution < 1.29 is 14.3 Å². The highest BCUT2D eigenvalue weighted by atomic mass is 16.6. The van der Waals surface area contributed by atoms with Gasteiger partial charge in [0.2, 0.25) is 0 Å². The lowest BCUT2D eigenvalue weighted by Gasteiger charge is -2.54. The van der Waals surface area contributed by atoms with E-state index >= 15 is 0 Å². The van der Waals surface area contributed by atoms with Crippen LogP contribution >= 0.6 is 0 Å². The number of carbonyl (C=O) groups excluding carboxylic acids is 2. The fourth-order valence-corrected chi connectivity index (χ4v) is 7.52. The molecule has 0 radical (unpaired) electrons. The first-order valence-electron chi connectivity index (χ1n) is 10.1. The van der Waals surface area contributed by atoms with Crippen molar-refractivity contribution in [1.29, 1.82) is 0 Å². The molecule has 25 heavy (non-hydrogen) atoms. The summed E-state index contributed by atoms with van der Waals surface area (Å²) in [6, 6.07) is 0. The third-order valence-corrected chi connectivity index (χ3v) is 8.47. The van der Waals surface area contributed by atoms with Gasteiger partial charge in [-0.05, 0) is 73.3 Å². The van der Waals surface area contributed by atoms with Crippen LogP contribution in [0.3, 0.4) is 0 Å². The zero-order chi connectivity index (χ0) is 17.4. The summed E-state index contributed by atoms with van der Waals surface area (Å²) in [4.78, 5) is 23.8. The van der Waals surface area contributed by atoms with Crippen LogP contribution in [0.15, 0.2) is 23.8 Å². The minimum absolute atomic E-state index is 0.00592. The summed E-state index contributed by atoms with van der Waals surface area (Å²) in [6.07, 6.45) is 13.2. The third kappa shape index (κ3) is 1.98. The van der Waals surface area contributed by atoms with Crippen LogP contribution in [0.25, 0.3) is 0 Å². The Hall–Kier alpha value is -1.38. The van der Waals surface area contributed by atoms with E-state index in [4.69, 9.17) is 4.74 Å². The van der Waals surface area contributed by atoms with Gasteiger partial charge in [0.15, 0.2) is 5.78 Å². The largest absolute Gasteiger partial charge is 0.458 e. The lowest BCUT2D eigenvalue weighted by molar-refractivity contribution is -0.164. The zero-order valence-electron chi connectivity index (χ0n) is 15.3. The van der Waals surface area contributed by atoms with Gasteiger partial charge in [-0.15, -0.1) is 0 Å². The molecule has 0 bridgehead atoms. The molecular formula is C22H28O3. The van der Waals surface area contributed by atoms with E-state index in [1.54, 1.807) is 0 Å². The average Bonchev–Trinajstić information content (AvgIpc) is 3.05. The SMILES string of the molecule is C[C@H]1CC2(CCC(=O)O2)[C@@]2(C)CCC3C4CCC(=O)C=C4C=CC3C12.